The third-order valence-corrected chi connectivity index (χ3v) is 10.8. The van der Waals surface area contributed by atoms with Crippen molar-refractivity contribution in [2.24, 2.45) is 0 Å². The molecule has 4 aromatic rings. The molecule has 0 amide bonds. The van der Waals surface area contributed by atoms with E-state index in [4.69, 9.17) is 19.6 Å². The predicted molar refractivity (Wildman–Crippen MR) is 184 cm³/mol. The number of aryl methyl sites for hydroxylation is 2. The Kier molecular flexibility index (Phi) is 11.8. The Morgan fingerprint density at radius 3 is 2.45 bits per heavy atom. The molecule has 12 heteroatoms. The molecule has 1 aliphatic rings. The number of aromatic amines is 1. The summed E-state index contributed by atoms with van der Waals surface area (Å²) in [4.78, 5) is 23.5. The number of ether oxygens (including phenoxy) is 2. The fraction of sp³-hybridized carbons (Fsp3) is 0.514. The minimum Gasteiger partial charge on any atom is -0.493 e. The number of benzene rings is 2. The highest BCUT2D eigenvalue weighted by atomic mass is 32.2. The molecule has 0 bridgehead atoms. The summed E-state index contributed by atoms with van der Waals surface area (Å²) in [6.45, 7) is 12.9. The molecule has 0 radical (unpaired) electrons. The molecule has 0 saturated carbocycles. The fourth-order valence-electron chi connectivity index (χ4n) is 6.27. The second kappa shape index (κ2) is 16.0. The zero-order valence-corrected chi connectivity index (χ0v) is 28.9. The summed E-state index contributed by atoms with van der Waals surface area (Å²) in [6.07, 6.45) is 3.87. The predicted octanol–water partition coefficient (Wildman–Crippen LogP) is 5.04. The van der Waals surface area contributed by atoms with Gasteiger partial charge in [0, 0.05) is 32.1 Å². The van der Waals surface area contributed by atoms with Crippen LogP contribution in [0.2, 0.25) is 0 Å². The average Bonchev–Trinajstić information content (AvgIpc) is 3.41. The first-order chi connectivity index (χ1) is 22.8. The maximum absolute atomic E-state index is 14.4. The maximum Gasteiger partial charge on any atom is 0.277 e. The van der Waals surface area contributed by atoms with Gasteiger partial charge in [-0.3, -0.25) is 9.69 Å². The van der Waals surface area contributed by atoms with Crippen molar-refractivity contribution >= 4 is 15.5 Å². The Balaban J connectivity index is 1.50. The molecule has 5 rings (SSSR count). The smallest absolute Gasteiger partial charge is 0.277 e. The highest BCUT2D eigenvalue weighted by molar-refractivity contribution is 7.89. The van der Waals surface area contributed by atoms with Crippen LogP contribution in [0.5, 0.6) is 5.75 Å². The Hall–Kier alpha value is -3.58. The number of nitrogens with one attached hydrogen (secondary N) is 1. The van der Waals surface area contributed by atoms with Crippen LogP contribution in [0.1, 0.15) is 69.5 Å². The number of aromatic nitrogens is 4. The van der Waals surface area contributed by atoms with Crippen molar-refractivity contribution in [1.82, 2.24) is 28.8 Å². The van der Waals surface area contributed by atoms with Gasteiger partial charge < -0.3 is 14.5 Å². The lowest BCUT2D eigenvalue weighted by Crippen LogP contribution is -2.39. The van der Waals surface area contributed by atoms with Gasteiger partial charge in [0.1, 0.15) is 11.6 Å². The summed E-state index contributed by atoms with van der Waals surface area (Å²) in [5.74, 6) is 1.52. The van der Waals surface area contributed by atoms with E-state index in [0.717, 1.165) is 44.7 Å². The van der Waals surface area contributed by atoms with Crippen LogP contribution in [-0.4, -0.2) is 89.7 Å². The first-order valence-electron chi connectivity index (χ1n) is 16.9. The highest BCUT2D eigenvalue weighted by Gasteiger charge is 2.27. The first kappa shape index (κ1) is 34.7. The molecule has 1 aliphatic heterocycles. The van der Waals surface area contributed by atoms with E-state index in [-0.39, 0.29) is 22.2 Å². The van der Waals surface area contributed by atoms with Crippen molar-refractivity contribution in [2.75, 3.05) is 52.5 Å². The molecule has 254 valence electrons. The lowest BCUT2D eigenvalue weighted by atomic mass is 10.0. The number of nitrogens with zero attached hydrogens (tertiary/aromatic N) is 5. The number of hydrogen-bond donors (Lipinski definition) is 1. The topological polar surface area (TPSA) is 122 Å². The minimum absolute atomic E-state index is 0.123. The normalized spacial score (nSPS) is 14.4. The van der Waals surface area contributed by atoms with Gasteiger partial charge in [-0.1, -0.05) is 44.2 Å². The van der Waals surface area contributed by atoms with Crippen molar-refractivity contribution in [2.45, 2.75) is 70.6 Å². The number of H-pyrrole nitrogens is 1. The highest BCUT2D eigenvalue weighted by Crippen LogP contribution is 2.32. The molecule has 47 heavy (non-hydrogen) atoms. The number of rotatable bonds is 16. The van der Waals surface area contributed by atoms with Crippen molar-refractivity contribution in [3.8, 4) is 17.1 Å². The van der Waals surface area contributed by atoms with Gasteiger partial charge in [-0.15, -0.1) is 5.10 Å². The number of sulfonamides is 1. The summed E-state index contributed by atoms with van der Waals surface area (Å²) < 4.78 is 43.3. The van der Waals surface area contributed by atoms with Gasteiger partial charge in [-0.2, -0.15) is 4.31 Å². The minimum atomic E-state index is -3.90. The van der Waals surface area contributed by atoms with Crippen LogP contribution >= 0.6 is 0 Å². The van der Waals surface area contributed by atoms with Crippen LogP contribution in [0.4, 0.5) is 0 Å². The number of fused-ring (bicyclic) bond motifs is 1. The Bertz CT molecular complexity index is 1780. The summed E-state index contributed by atoms with van der Waals surface area (Å²) in [7, 11) is -3.90. The van der Waals surface area contributed by atoms with Crippen LogP contribution in [0.3, 0.4) is 0 Å². The van der Waals surface area contributed by atoms with Crippen molar-refractivity contribution < 1.29 is 17.9 Å². The van der Waals surface area contributed by atoms with E-state index in [9.17, 15) is 13.2 Å². The molecule has 11 nitrogen and oxygen atoms in total. The Morgan fingerprint density at radius 2 is 1.74 bits per heavy atom. The van der Waals surface area contributed by atoms with E-state index in [1.807, 2.05) is 32.0 Å². The van der Waals surface area contributed by atoms with Gasteiger partial charge in [0.2, 0.25) is 10.0 Å². The second-order valence-electron chi connectivity index (χ2n) is 12.0. The fourth-order valence-corrected chi connectivity index (χ4v) is 7.81. The molecule has 2 aromatic carbocycles. The third-order valence-electron chi connectivity index (χ3n) is 8.90. The summed E-state index contributed by atoms with van der Waals surface area (Å²) in [6, 6.07) is 14.9. The van der Waals surface area contributed by atoms with Crippen molar-refractivity contribution in [3.05, 3.63) is 76.0 Å². The van der Waals surface area contributed by atoms with E-state index in [1.165, 1.54) is 5.56 Å². The van der Waals surface area contributed by atoms with E-state index in [2.05, 4.69) is 35.9 Å². The Labute approximate surface area is 278 Å². The van der Waals surface area contributed by atoms with Crippen LogP contribution in [0.15, 0.2) is 58.2 Å². The Morgan fingerprint density at radius 1 is 1.02 bits per heavy atom. The van der Waals surface area contributed by atoms with Crippen LogP contribution < -0.4 is 10.3 Å². The molecule has 1 saturated heterocycles. The first-order valence-corrected chi connectivity index (χ1v) is 18.3. The van der Waals surface area contributed by atoms with Gasteiger partial charge in [-0.05, 0) is 76.3 Å². The van der Waals surface area contributed by atoms with Crippen molar-refractivity contribution in [3.63, 3.8) is 0 Å². The zero-order chi connectivity index (χ0) is 33.4. The average molecular weight is 665 g/mol. The van der Waals surface area contributed by atoms with Crippen LogP contribution in [0.25, 0.3) is 16.9 Å². The standard InChI is InChI=1S/C35H48N6O5S/c1-5-28(6-2)34-36-26(4)32-35(42)37-33(38-41(32)34)30-25-29(16-17-31(30)46-7-3)47(43,44)40(19-11-15-27-13-9-8-10-14-27)20-12-18-39-21-23-45-24-22-39/h8-10,13-14,16-17,25,28H,5-7,11-12,15,18-24H2,1-4H3,(H,37,38,42). The SMILES string of the molecule is CCOc1ccc(S(=O)(=O)N(CCCc2ccccc2)CCCN2CCOCC2)cc1-c1nn2c(C(CC)CC)nc(C)c2c(=O)[nH]1. The monoisotopic (exact) mass is 664 g/mol. The lowest BCUT2D eigenvalue weighted by Gasteiger charge is -2.28. The maximum atomic E-state index is 14.4. The molecular weight excluding hydrogens is 616 g/mol. The van der Waals surface area contributed by atoms with Crippen LogP contribution in [-0.2, 0) is 21.2 Å². The number of morpholine rings is 1. The molecule has 0 atom stereocenters. The summed E-state index contributed by atoms with van der Waals surface area (Å²) in [5, 5.41) is 4.83. The zero-order valence-electron chi connectivity index (χ0n) is 28.1. The van der Waals surface area contributed by atoms with Gasteiger partial charge in [0.05, 0.1) is 36.0 Å². The van der Waals surface area contributed by atoms with Gasteiger partial charge >= 0.3 is 0 Å². The van der Waals surface area contributed by atoms with Gasteiger partial charge in [0.25, 0.3) is 5.56 Å². The summed E-state index contributed by atoms with van der Waals surface area (Å²) in [5.41, 5.74) is 2.25. The van der Waals surface area contributed by atoms with Gasteiger partial charge in [-0.25, -0.2) is 17.9 Å². The largest absolute Gasteiger partial charge is 0.493 e. The molecule has 0 spiro atoms. The molecule has 0 aliphatic carbocycles. The van der Waals surface area contributed by atoms with E-state index >= 15 is 0 Å². The van der Waals surface area contributed by atoms with E-state index in [1.54, 1.807) is 27.0 Å². The molecule has 2 aromatic heterocycles. The molecule has 1 N–H and O–H groups in total. The number of imidazole rings is 1. The molecule has 0 unspecified atom stereocenters. The number of hydrogen-bond acceptors (Lipinski definition) is 8. The second-order valence-corrected chi connectivity index (χ2v) is 14.0. The third kappa shape index (κ3) is 8.11. The molecular formula is C35H48N6O5S. The van der Waals surface area contributed by atoms with E-state index < -0.39 is 10.0 Å². The lowest BCUT2D eigenvalue weighted by molar-refractivity contribution is 0.0369. The van der Waals surface area contributed by atoms with Crippen molar-refractivity contribution in [1.29, 1.82) is 0 Å². The molecule has 3 heterocycles. The summed E-state index contributed by atoms with van der Waals surface area (Å²) >= 11 is 0. The van der Waals surface area contributed by atoms with E-state index in [0.29, 0.717) is 68.3 Å². The molecule has 1 fully saturated rings. The van der Waals surface area contributed by atoms with Crippen LogP contribution in [0, 0.1) is 6.92 Å². The quantitative estimate of drug-likeness (QED) is 0.177. The van der Waals surface area contributed by atoms with Gasteiger partial charge in [0.15, 0.2) is 11.3 Å².